The summed E-state index contributed by atoms with van der Waals surface area (Å²) in [5.41, 5.74) is 10.4. The van der Waals surface area contributed by atoms with Gasteiger partial charge < -0.3 is 16.2 Å². The van der Waals surface area contributed by atoms with Gasteiger partial charge in [0.1, 0.15) is 6.61 Å². The Morgan fingerprint density at radius 3 is 2.71 bits per heavy atom. The van der Waals surface area contributed by atoms with E-state index in [0.717, 1.165) is 0 Å². The van der Waals surface area contributed by atoms with Crippen LogP contribution in [0.1, 0.15) is 6.42 Å². The van der Waals surface area contributed by atoms with Crippen LogP contribution in [0.25, 0.3) is 0 Å². The van der Waals surface area contributed by atoms with Gasteiger partial charge in [0.25, 0.3) is 0 Å². The topological polar surface area (TPSA) is 78.3 Å². The van der Waals surface area contributed by atoms with Crippen molar-refractivity contribution in [2.45, 2.75) is 12.5 Å². The molecule has 14 heavy (non-hydrogen) atoms. The van der Waals surface area contributed by atoms with Crippen molar-refractivity contribution in [1.29, 1.82) is 0 Å². The fourth-order valence-electron chi connectivity index (χ4n) is 0.732. The molecule has 0 spiro atoms. The van der Waals surface area contributed by atoms with Crippen LogP contribution in [0, 0.1) is 0 Å². The van der Waals surface area contributed by atoms with Gasteiger partial charge in [-0.1, -0.05) is 37.0 Å². The summed E-state index contributed by atoms with van der Waals surface area (Å²) in [6, 6.07) is -0.212. The van der Waals surface area contributed by atoms with Crippen LogP contribution in [-0.4, -0.2) is 18.7 Å². The summed E-state index contributed by atoms with van der Waals surface area (Å²) in [7, 11) is 0. The van der Waals surface area contributed by atoms with E-state index in [2.05, 4.69) is 11.3 Å². The Morgan fingerprint density at radius 2 is 2.14 bits per heavy atom. The van der Waals surface area contributed by atoms with E-state index in [9.17, 15) is 4.79 Å². The SMILES string of the molecule is C=C/C=C\C=C\CC(N)COC(N)=O. The monoisotopic (exact) mass is 196 g/mol. The van der Waals surface area contributed by atoms with Crippen molar-refractivity contribution in [1.82, 2.24) is 0 Å². The first-order chi connectivity index (χ1) is 6.66. The predicted octanol–water partition coefficient (Wildman–Crippen LogP) is 1.10. The van der Waals surface area contributed by atoms with Gasteiger partial charge in [-0.15, -0.1) is 0 Å². The Balaban J connectivity index is 3.57. The Morgan fingerprint density at radius 1 is 1.43 bits per heavy atom. The molecular formula is C10H16N2O2. The second kappa shape index (κ2) is 8.07. The molecular weight excluding hydrogens is 180 g/mol. The van der Waals surface area contributed by atoms with Gasteiger partial charge in [0.2, 0.25) is 0 Å². The maximum absolute atomic E-state index is 10.2. The molecule has 0 radical (unpaired) electrons. The molecule has 0 saturated carbocycles. The Kier molecular flexibility index (Phi) is 7.17. The van der Waals surface area contributed by atoms with E-state index in [1.807, 2.05) is 24.3 Å². The highest BCUT2D eigenvalue weighted by Gasteiger charge is 2.01. The fraction of sp³-hybridized carbons (Fsp3) is 0.300. The molecule has 1 amide bonds. The highest BCUT2D eigenvalue weighted by molar-refractivity contribution is 5.64. The zero-order valence-corrected chi connectivity index (χ0v) is 8.06. The highest BCUT2D eigenvalue weighted by Crippen LogP contribution is 1.92. The van der Waals surface area contributed by atoms with Crippen molar-refractivity contribution in [2.24, 2.45) is 11.5 Å². The van der Waals surface area contributed by atoms with Crippen LogP contribution in [0.2, 0.25) is 0 Å². The molecule has 78 valence electrons. The third kappa shape index (κ3) is 8.55. The molecule has 0 aromatic rings. The maximum Gasteiger partial charge on any atom is 0.404 e. The van der Waals surface area contributed by atoms with Gasteiger partial charge in [0.05, 0.1) is 0 Å². The van der Waals surface area contributed by atoms with Crippen molar-refractivity contribution in [3.05, 3.63) is 37.0 Å². The van der Waals surface area contributed by atoms with Crippen molar-refractivity contribution >= 4 is 6.09 Å². The number of amides is 1. The molecule has 0 aliphatic rings. The van der Waals surface area contributed by atoms with Gasteiger partial charge in [-0.25, -0.2) is 4.79 Å². The van der Waals surface area contributed by atoms with Crippen LogP contribution in [0.3, 0.4) is 0 Å². The zero-order chi connectivity index (χ0) is 10.8. The van der Waals surface area contributed by atoms with E-state index in [4.69, 9.17) is 11.5 Å². The number of carbonyl (C=O) groups is 1. The molecule has 0 aromatic carbocycles. The van der Waals surface area contributed by atoms with Gasteiger partial charge in [-0.3, -0.25) is 0 Å². The summed E-state index contributed by atoms with van der Waals surface area (Å²) in [5, 5.41) is 0. The van der Waals surface area contributed by atoms with Gasteiger partial charge in [0, 0.05) is 6.04 Å². The summed E-state index contributed by atoms with van der Waals surface area (Å²) in [5.74, 6) is 0. The number of hydrogen-bond donors (Lipinski definition) is 2. The second-order valence-electron chi connectivity index (χ2n) is 2.67. The molecule has 0 rings (SSSR count). The molecule has 0 aromatic heterocycles. The summed E-state index contributed by atoms with van der Waals surface area (Å²) in [6.07, 6.45) is 8.91. The molecule has 4 nitrogen and oxygen atoms in total. The average Bonchev–Trinajstić information content (AvgIpc) is 2.14. The standard InChI is InChI=1S/C10H16N2O2/c1-2-3-4-5-6-7-9(11)8-14-10(12)13/h2-6,9H,1,7-8,11H2,(H2,12,13)/b4-3-,6-5+. The number of hydrogen-bond acceptors (Lipinski definition) is 3. The van der Waals surface area contributed by atoms with Crippen LogP contribution in [0.5, 0.6) is 0 Å². The summed E-state index contributed by atoms with van der Waals surface area (Å²) < 4.78 is 4.53. The third-order valence-corrected chi connectivity index (χ3v) is 1.37. The minimum Gasteiger partial charge on any atom is -0.448 e. The van der Waals surface area contributed by atoms with E-state index in [1.165, 1.54) is 0 Å². The first kappa shape index (κ1) is 12.4. The van der Waals surface area contributed by atoms with Crippen LogP contribution in [-0.2, 0) is 4.74 Å². The van der Waals surface area contributed by atoms with Crippen LogP contribution >= 0.6 is 0 Å². The molecule has 0 bridgehead atoms. The molecule has 0 heterocycles. The largest absolute Gasteiger partial charge is 0.448 e. The molecule has 4 N–H and O–H groups in total. The van der Waals surface area contributed by atoms with E-state index in [0.29, 0.717) is 6.42 Å². The Hall–Kier alpha value is -1.55. The number of allylic oxidation sites excluding steroid dienone is 4. The quantitative estimate of drug-likeness (QED) is 0.624. The molecule has 0 aliphatic carbocycles. The zero-order valence-electron chi connectivity index (χ0n) is 8.06. The van der Waals surface area contributed by atoms with Gasteiger partial charge >= 0.3 is 6.09 Å². The van der Waals surface area contributed by atoms with Crippen molar-refractivity contribution in [3.63, 3.8) is 0 Å². The molecule has 1 unspecified atom stereocenters. The summed E-state index contributed by atoms with van der Waals surface area (Å²) in [6.45, 7) is 3.67. The number of rotatable bonds is 6. The fourth-order valence-corrected chi connectivity index (χ4v) is 0.732. The number of nitrogens with two attached hydrogens (primary N) is 2. The molecule has 1 atom stereocenters. The van der Waals surface area contributed by atoms with Crippen LogP contribution in [0.15, 0.2) is 37.0 Å². The lowest BCUT2D eigenvalue weighted by atomic mass is 10.2. The number of primary amides is 1. The van der Waals surface area contributed by atoms with Gasteiger partial charge in [0.15, 0.2) is 0 Å². The van der Waals surface area contributed by atoms with Crippen molar-refractivity contribution in [2.75, 3.05) is 6.61 Å². The molecule has 0 aliphatic heterocycles. The first-order valence-corrected chi connectivity index (χ1v) is 4.29. The molecule has 4 heteroatoms. The van der Waals surface area contributed by atoms with E-state index in [-0.39, 0.29) is 12.6 Å². The van der Waals surface area contributed by atoms with Crippen LogP contribution < -0.4 is 11.5 Å². The lowest BCUT2D eigenvalue weighted by Gasteiger charge is -2.07. The average molecular weight is 196 g/mol. The second-order valence-corrected chi connectivity index (χ2v) is 2.67. The van der Waals surface area contributed by atoms with E-state index in [1.54, 1.807) is 6.08 Å². The van der Waals surface area contributed by atoms with Gasteiger partial charge in [-0.2, -0.15) is 0 Å². The minimum absolute atomic E-state index is 0.144. The highest BCUT2D eigenvalue weighted by atomic mass is 16.5. The molecule has 0 saturated heterocycles. The maximum atomic E-state index is 10.2. The normalized spacial score (nSPS) is 13.2. The predicted molar refractivity (Wildman–Crippen MR) is 56.6 cm³/mol. The first-order valence-electron chi connectivity index (χ1n) is 4.29. The number of ether oxygens (including phenoxy) is 1. The minimum atomic E-state index is -0.795. The number of carbonyl (C=O) groups excluding carboxylic acids is 1. The van der Waals surface area contributed by atoms with Gasteiger partial charge in [-0.05, 0) is 6.42 Å². The van der Waals surface area contributed by atoms with E-state index < -0.39 is 6.09 Å². The van der Waals surface area contributed by atoms with Crippen molar-refractivity contribution < 1.29 is 9.53 Å². The Bertz CT molecular complexity index is 234. The smallest absolute Gasteiger partial charge is 0.404 e. The van der Waals surface area contributed by atoms with Crippen molar-refractivity contribution in [3.8, 4) is 0 Å². The summed E-state index contributed by atoms with van der Waals surface area (Å²) >= 11 is 0. The Labute approximate surface area is 83.9 Å². The summed E-state index contributed by atoms with van der Waals surface area (Å²) in [4.78, 5) is 10.2. The lowest BCUT2D eigenvalue weighted by molar-refractivity contribution is 0.149. The van der Waals surface area contributed by atoms with E-state index >= 15 is 0 Å². The lowest BCUT2D eigenvalue weighted by Crippen LogP contribution is -2.28. The third-order valence-electron chi connectivity index (χ3n) is 1.37. The molecule has 0 fully saturated rings. The van der Waals surface area contributed by atoms with Crippen LogP contribution in [0.4, 0.5) is 4.79 Å².